The Morgan fingerprint density at radius 2 is 2.00 bits per heavy atom. The van der Waals surface area contributed by atoms with E-state index in [1.54, 1.807) is 0 Å². The maximum absolute atomic E-state index is 12.4. The summed E-state index contributed by atoms with van der Waals surface area (Å²) in [5.74, 6) is 1.41. The van der Waals surface area contributed by atoms with Crippen molar-refractivity contribution in [1.82, 2.24) is 15.1 Å². The second kappa shape index (κ2) is 6.53. The predicted molar refractivity (Wildman–Crippen MR) is 73.5 cm³/mol. The molecule has 0 radical (unpaired) electrons. The van der Waals surface area contributed by atoms with Gasteiger partial charge in [-0.1, -0.05) is 0 Å². The van der Waals surface area contributed by atoms with E-state index >= 15 is 0 Å². The van der Waals surface area contributed by atoms with E-state index in [1.807, 2.05) is 0 Å². The molecule has 1 unspecified atom stereocenters. The van der Waals surface area contributed by atoms with Crippen LogP contribution in [0.1, 0.15) is 25.7 Å². The zero-order valence-electron chi connectivity index (χ0n) is 11.8. The van der Waals surface area contributed by atoms with Crippen LogP contribution in [0.5, 0.6) is 0 Å². The van der Waals surface area contributed by atoms with Crippen molar-refractivity contribution in [3.05, 3.63) is 0 Å². The van der Waals surface area contributed by atoms with E-state index in [0.717, 1.165) is 51.5 Å². The third-order valence-electron chi connectivity index (χ3n) is 4.20. The lowest BCUT2D eigenvalue weighted by atomic mass is 9.93. The van der Waals surface area contributed by atoms with Crippen LogP contribution in [-0.2, 0) is 4.79 Å². The average Bonchev–Trinajstić information content (AvgIpc) is 2.39. The molecule has 1 amide bonds. The quantitative estimate of drug-likeness (QED) is 0.807. The summed E-state index contributed by atoms with van der Waals surface area (Å²) in [4.78, 5) is 16.7. The van der Waals surface area contributed by atoms with Gasteiger partial charge in [0.05, 0.1) is 5.92 Å². The van der Waals surface area contributed by atoms with Gasteiger partial charge in [-0.15, -0.1) is 0 Å². The van der Waals surface area contributed by atoms with E-state index in [2.05, 4.69) is 29.2 Å². The van der Waals surface area contributed by atoms with Gasteiger partial charge in [-0.2, -0.15) is 0 Å². The first-order valence-corrected chi connectivity index (χ1v) is 7.31. The Hall–Kier alpha value is -0.610. The van der Waals surface area contributed by atoms with E-state index in [9.17, 15) is 4.79 Å². The number of nitrogens with zero attached hydrogens (tertiary/aromatic N) is 2. The van der Waals surface area contributed by atoms with Crippen molar-refractivity contribution in [1.29, 1.82) is 0 Å². The largest absolute Gasteiger partial charge is 0.342 e. The molecule has 0 aromatic rings. The Kier molecular flexibility index (Phi) is 5.01. The van der Waals surface area contributed by atoms with Gasteiger partial charge in [0.25, 0.3) is 0 Å². The summed E-state index contributed by atoms with van der Waals surface area (Å²) in [6, 6.07) is 0. The highest BCUT2D eigenvalue weighted by molar-refractivity contribution is 5.79. The van der Waals surface area contributed by atoms with Crippen LogP contribution in [0.25, 0.3) is 0 Å². The minimum Gasteiger partial charge on any atom is -0.342 e. The fraction of sp³-hybridized carbons (Fsp3) is 0.929. The molecule has 0 saturated carbocycles. The first kappa shape index (κ1) is 13.8. The fourth-order valence-electron chi connectivity index (χ4n) is 3.17. The molecule has 18 heavy (non-hydrogen) atoms. The molecule has 2 fully saturated rings. The summed E-state index contributed by atoms with van der Waals surface area (Å²) in [5.41, 5.74) is 0. The zero-order valence-corrected chi connectivity index (χ0v) is 11.8. The van der Waals surface area contributed by atoms with Crippen LogP contribution in [0, 0.1) is 11.8 Å². The number of piperidine rings is 2. The summed E-state index contributed by atoms with van der Waals surface area (Å²) < 4.78 is 0. The molecule has 1 N–H and O–H groups in total. The maximum Gasteiger partial charge on any atom is 0.226 e. The summed E-state index contributed by atoms with van der Waals surface area (Å²) in [5, 5.41) is 3.34. The summed E-state index contributed by atoms with van der Waals surface area (Å²) in [6.07, 6.45) is 4.56. The number of rotatable bonds is 3. The van der Waals surface area contributed by atoms with E-state index in [4.69, 9.17) is 0 Å². The van der Waals surface area contributed by atoms with Gasteiger partial charge in [-0.05, 0) is 52.2 Å². The molecule has 104 valence electrons. The minimum atomic E-state index is 0.240. The van der Waals surface area contributed by atoms with Crippen LogP contribution < -0.4 is 5.32 Å². The molecular formula is C14H27N3O. The van der Waals surface area contributed by atoms with E-state index in [-0.39, 0.29) is 5.92 Å². The van der Waals surface area contributed by atoms with Gasteiger partial charge in [0, 0.05) is 26.2 Å². The number of hydrogen-bond donors (Lipinski definition) is 1. The Morgan fingerprint density at radius 1 is 1.28 bits per heavy atom. The number of carbonyl (C=O) groups is 1. The van der Waals surface area contributed by atoms with Gasteiger partial charge in [0.15, 0.2) is 0 Å². The first-order chi connectivity index (χ1) is 8.66. The summed E-state index contributed by atoms with van der Waals surface area (Å²) in [7, 11) is 4.26. The average molecular weight is 253 g/mol. The monoisotopic (exact) mass is 253 g/mol. The van der Waals surface area contributed by atoms with Gasteiger partial charge < -0.3 is 15.1 Å². The Balaban J connectivity index is 1.76. The van der Waals surface area contributed by atoms with Crippen molar-refractivity contribution >= 4 is 5.91 Å². The molecule has 0 aromatic heterocycles. The van der Waals surface area contributed by atoms with Gasteiger partial charge >= 0.3 is 0 Å². The molecule has 0 spiro atoms. The Labute approximate surface area is 111 Å². The van der Waals surface area contributed by atoms with Crippen LogP contribution in [0.15, 0.2) is 0 Å². The third-order valence-corrected chi connectivity index (χ3v) is 4.20. The van der Waals surface area contributed by atoms with Crippen LogP contribution in [0.4, 0.5) is 0 Å². The molecule has 2 aliphatic rings. The molecule has 2 aliphatic heterocycles. The van der Waals surface area contributed by atoms with Crippen molar-refractivity contribution in [2.75, 3.05) is 46.8 Å². The Morgan fingerprint density at radius 3 is 2.56 bits per heavy atom. The SMILES string of the molecule is CN(C)CC1CCN(C(=O)C2CCCNC2)CC1. The highest BCUT2D eigenvalue weighted by Crippen LogP contribution is 2.21. The lowest BCUT2D eigenvalue weighted by Crippen LogP contribution is -2.46. The molecule has 2 heterocycles. The summed E-state index contributed by atoms with van der Waals surface area (Å²) in [6.45, 7) is 5.06. The first-order valence-electron chi connectivity index (χ1n) is 7.31. The van der Waals surface area contributed by atoms with Gasteiger partial charge in [0.1, 0.15) is 0 Å². The van der Waals surface area contributed by atoms with Crippen molar-refractivity contribution in [2.45, 2.75) is 25.7 Å². The molecular weight excluding hydrogens is 226 g/mol. The van der Waals surface area contributed by atoms with Crippen molar-refractivity contribution in [3.63, 3.8) is 0 Å². The second-order valence-electron chi connectivity index (χ2n) is 6.07. The van der Waals surface area contributed by atoms with E-state index < -0.39 is 0 Å². The van der Waals surface area contributed by atoms with Crippen molar-refractivity contribution in [3.8, 4) is 0 Å². The number of carbonyl (C=O) groups excluding carboxylic acids is 1. The summed E-state index contributed by atoms with van der Waals surface area (Å²) >= 11 is 0. The molecule has 0 aliphatic carbocycles. The highest BCUT2D eigenvalue weighted by atomic mass is 16.2. The Bertz CT molecular complexity index is 266. The standard InChI is InChI=1S/C14H27N3O/c1-16(2)11-12-5-8-17(9-6-12)14(18)13-4-3-7-15-10-13/h12-13,15H,3-11H2,1-2H3. The third kappa shape index (κ3) is 3.69. The van der Waals surface area contributed by atoms with Gasteiger partial charge in [-0.3, -0.25) is 4.79 Å². The zero-order chi connectivity index (χ0) is 13.0. The maximum atomic E-state index is 12.4. The van der Waals surface area contributed by atoms with Crippen LogP contribution >= 0.6 is 0 Å². The molecule has 0 aromatic carbocycles. The lowest BCUT2D eigenvalue weighted by molar-refractivity contribution is -0.137. The normalized spacial score (nSPS) is 26.6. The smallest absolute Gasteiger partial charge is 0.226 e. The number of nitrogens with one attached hydrogen (secondary N) is 1. The number of likely N-dealkylation sites (tertiary alicyclic amines) is 1. The topological polar surface area (TPSA) is 35.6 Å². The van der Waals surface area contributed by atoms with Gasteiger partial charge in [-0.25, -0.2) is 0 Å². The molecule has 2 rings (SSSR count). The number of hydrogen-bond acceptors (Lipinski definition) is 3. The van der Waals surface area contributed by atoms with Gasteiger partial charge in [0.2, 0.25) is 5.91 Å². The second-order valence-corrected chi connectivity index (χ2v) is 6.07. The van der Waals surface area contributed by atoms with E-state index in [0.29, 0.717) is 5.91 Å². The lowest BCUT2D eigenvalue weighted by Gasteiger charge is -2.36. The molecule has 4 heteroatoms. The number of amides is 1. The van der Waals surface area contributed by atoms with E-state index in [1.165, 1.54) is 12.8 Å². The van der Waals surface area contributed by atoms with Crippen LogP contribution in [-0.4, -0.2) is 62.5 Å². The van der Waals surface area contributed by atoms with Crippen molar-refractivity contribution in [2.24, 2.45) is 11.8 Å². The minimum absolute atomic E-state index is 0.240. The van der Waals surface area contributed by atoms with Crippen LogP contribution in [0.3, 0.4) is 0 Å². The van der Waals surface area contributed by atoms with Crippen molar-refractivity contribution < 1.29 is 4.79 Å². The highest BCUT2D eigenvalue weighted by Gasteiger charge is 2.29. The van der Waals surface area contributed by atoms with Crippen LogP contribution in [0.2, 0.25) is 0 Å². The molecule has 1 atom stereocenters. The molecule has 2 saturated heterocycles. The molecule has 4 nitrogen and oxygen atoms in total. The predicted octanol–water partition coefficient (Wildman–Crippen LogP) is 0.786. The fourth-order valence-corrected chi connectivity index (χ4v) is 3.17. The molecule has 0 bridgehead atoms.